The Bertz CT molecular complexity index is 1980. The summed E-state index contributed by atoms with van der Waals surface area (Å²) in [6, 6.07) is 4.26. The van der Waals surface area contributed by atoms with Gasteiger partial charge in [0.25, 0.3) is 5.91 Å². The number of ether oxygens (including phenoxy) is 3. The fourth-order valence-corrected chi connectivity index (χ4v) is 9.95. The minimum atomic E-state index is -0.979. The molecule has 3 heterocycles. The van der Waals surface area contributed by atoms with Gasteiger partial charge >= 0.3 is 6.09 Å². The van der Waals surface area contributed by atoms with E-state index in [2.05, 4.69) is 22.5 Å². The van der Waals surface area contributed by atoms with Gasteiger partial charge in [-0.3, -0.25) is 43.9 Å². The summed E-state index contributed by atoms with van der Waals surface area (Å²) in [5, 5.41) is 7.99. The number of aromatic nitrogens is 1. The van der Waals surface area contributed by atoms with Gasteiger partial charge in [-0.15, -0.1) is 0 Å². The first kappa shape index (κ1) is 55.0. The topological polar surface area (TPSA) is 192 Å². The van der Waals surface area contributed by atoms with Crippen LogP contribution in [0.5, 0.6) is 0 Å². The number of imide groups is 1. The predicted molar refractivity (Wildman–Crippen MR) is 256 cm³/mol. The fraction of sp³-hybridized carbons (Fsp3) is 0.720. The van der Waals surface area contributed by atoms with E-state index in [4.69, 9.17) is 19.0 Å². The molecule has 6 amide bonds. The highest BCUT2D eigenvalue weighted by Gasteiger charge is 2.44. The summed E-state index contributed by atoms with van der Waals surface area (Å²) in [5.74, 6) is -3.40. The van der Waals surface area contributed by atoms with Gasteiger partial charge in [0.15, 0.2) is 0 Å². The van der Waals surface area contributed by atoms with Gasteiger partial charge in [0.2, 0.25) is 23.6 Å². The highest BCUT2D eigenvalue weighted by atomic mass is 16.7. The van der Waals surface area contributed by atoms with Crippen molar-refractivity contribution in [1.82, 2.24) is 35.4 Å². The summed E-state index contributed by atoms with van der Waals surface area (Å²) < 4.78 is 17.7. The van der Waals surface area contributed by atoms with Crippen LogP contribution in [0.15, 0.2) is 30.5 Å². The molecule has 1 aromatic carbocycles. The highest BCUT2D eigenvalue weighted by molar-refractivity contribution is 6.01. The van der Waals surface area contributed by atoms with E-state index >= 15 is 0 Å². The van der Waals surface area contributed by atoms with E-state index in [1.54, 1.807) is 53.6 Å². The number of rotatable bonds is 21. The molecular formula is C50H81N7O10. The second kappa shape index (κ2) is 24.6. The molecule has 2 saturated heterocycles. The Morgan fingerprint density at radius 1 is 0.881 bits per heavy atom. The quantitative estimate of drug-likeness (QED) is 0.139. The van der Waals surface area contributed by atoms with Crippen LogP contribution in [0.4, 0.5) is 4.79 Å². The summed E-state index contributed by atoms with van der Waals surface area (Å²) >= 11 is 0. The van der Waals surface area contributed by atoms with Crippen LogP contribution < -0.4 is 10.6 Å². The first-order valence-electron chi connectivity index (χ1n) is 24.2. The van der Waals surface area contributed by atoms with Crippen molar-refractivity contribution in [3.05, 3.63) is 36.0 Å². The van der Waals surface area contributed by atoms with Gasteiger partial charge in [-0.05, 0) is 82.9 Å². The molecule has 2 aromatic rings. The third-order valence-corrected chi connectivity index (χ3v) is 13.5. The lowest BCUT2D eigenvalue weighted by Gasteiger charge is -2.43. The maximum Gasteiger partial charge on any atom is 0.410 e. The number of likely N-dealkylation sites (N-methyl/N-ethyl adjacent to an activating group) is 2. The van der Waals surface area contributed by atoms with Crippen molar-refractivity contribution in [2.24, 2.45) is 23.7 Å². The molecule has 376 valence electrons. The normalized spacial score (nSPS) is 19.4. The molecule has 0 spiro atoms. The van der Waals surface area contributed by atoms with Crippen molar-refractivity contribution < 1.29 is 47.8 Å². The van der Waals surface area contributed by atoms with E-state index in [0.29, 0.717) is 39.0 Å². The van der Waals surface area contributed by atoms with Crippen molar-refractivity contribution >= 4 is 46.5 Å². The number of para-hydroxylation sites is 1. The Labute approximate surface area is 398 Å². The van der Waals surface area contributed by atoms with Gasteiger partial charge in [0, 0.05) is 63.9 Å². The number of amides is 6. The molecule has 2 aliphatic rings. The van der Waals surface area contributed by atoms with Crippen LogP contribution in [0.2, 0.25) is 0 Å². The second-order valence-corrected chi connectivity index (χ2v) is 20.2. The molecule has 2 fully saturated rings. The fourth-order valence-electron chi connectivity index (χ4n) is 9.95. The third-order valence-electron chi connectivity index (χ3n) is 13.5. The van der Waals surface area contributed by atoms with Crippen molar-refractivity contribution in [2.45, 2.75) is 162 Å². The number of hydroxylamine groups is 2. The monoisotopic (exact) mass is 940 g/mol. The molecule has 2 aliphatic heterocycles. The molecule has 17 heteroatoms. The zero-order chi connectivity index (χ0) is 49.9. The van der Waals surface area contributed by atoms with Crippen LogP contribution in [0, 0.1) is 23.7 Å². The lowest BCUT2D eigenvalue weighted by Crippen LogP contribution is -2.60. The Hall–Kier alpha value is -4.58. The number of hydrogen-bond acceptors (Lipinski definition) is 11. The first-order valence-corrected chi connectivity index (χ1v) is 24.2. The molecule has 0 bridgehead atoms. The molecule has 67 heavy (non-hydrogen) atoms. The summed E-state index contributed by atoms with van der Waals surface area (Å²) in [6.07, 6.45) is 3.75. The number of benzene rings is 1. The van der Waals surface area contributed by atoms with E-state index < -0.39 is 71.8 Å². The maximum absolute atomic E-state index is 14.6. The number of aromatic amines is 1. The second-order valence-electron chi connectivity index (χ2n) is 20.2. The number of carbonyl (C=O) groups excluding carboxylic acids is 6. The van der Waals surface area contributed by atoms with E-state index in [9.17, 15) is 28.8 Å². The molecule has 0 aliphatic carbocycles. The smallest absolute Gasteiger partial charge is 0.410 e. The molecule has 0 radical (unpaired) electrons. The number of fused-ring (bicyclic) bond motifs is 1. The van der Waals surface area contributed by atoms with Crippen molar-refractivity contribution in [3.8, 4) is 0 Å². The molecule has 3 N–H and O–H groups in total. The number of likely N-dealkylation sites (tertiary alicyclic amines) is 1. The number of carbonyl (C=O) groups is 6. The maximum atomic E-state index is 14.6. The number of nitrogens with zero attached hydrogens (tertiary/aromatic N) is 4. The van der Waals surface area contributed by atoms with Gasteiger partial charge in [0.1, 0.15) is 17.7 Å². The number of methoxy groups -OCH3 is 2. The standard InChI is InChI=1S/C50H81N7O10/c1-15-32(6)43(54(11)41(30(2)3)46(60)53-47(61)42(31(4)5)55(12)49(63)67-50(8,9)10)39(64-13)28-40(58)56-24-20-23-38(56)44(65-14)33(7)45(59)52-37(48(62)57-25-18-19-26-66-57)27-34-29-51-36-22-17-16-21-35(34)36/h16-17,21-22,29-33,37-39,41-44,51H,15,18-20,23-28H2,1-14H3,(H,52,59)(H,53,60,61)/t32-,33+,37-,38-,39+,41-,42-,43-,44+/m0/s1. The molecule has 9 atom stereocenters. The van der Waals surface area contributed by atoms with Crippen molar-refractivity contribution in [3.63, 3.8) is 0 Å². The van der Waals surface area contributed by atoms with Crippen LogP contribution in [-0.4, -0.2) is 156 Å². The highest BCUT2D eigenvalue weighted by Crippen LogP contribution is 2.31. The van der Waals surface area contributed by atoms with E-state index in [1.165, 1.54) is 24.1 Å². The SMILES string of the molecule is CC[C@H](C)[C@@H]([C@@H](CC(=O)N1CCC[C@H]1[C@H](OC)[C@@H](C)C(=O)N[C@@H](Cc1c[nH]c2ccccc12)C(=O)N1CCCCO1)OC)N(C)[C@H](C(=O)NC(=O)[C@H](C(C)C)N(C)C(=O)OC(C)(C)C)C(C)C. The van der Waals surface area contributed by atoms with E-state index in [1.807, 2.05) is 63.2 Å². The summed E-state index contributed by atoms with van der Waals surface area (Å²) in [7, 11) is 6.41. The molecule has 1 aromatic heterocycles. The van der Waals surface area contributed by atoms with E-state index in [0.717, 1.165) is 29.3 Å². The molecular weight excluding hydrogens is 859 g/mol. The Balaban J connectivity index is 1.52. The van der Waals surface area contributed by atoms with Crippen LogP contribution in [0.3, 0.4) is 0 Å². The van der Waals surface area contributed by atoms with Crippen LogP contribution >= 0.6 is 0 Å². The molecule has 17 nitrogen and oxygen atoms in total. The third kappa shape index (κ3) is 14.0. The van der Waals surface area contributed by atoms with Crippen molar-refractivity contribution in [2.75, 3.05) is 48.0 Å². The van der Waals surface area contributed by atoms with Crippen LogP contribution in [0.1, 0.15) is 113 Å². The Morgan fingerprint density at radius 2 is 1.54 bits per heavy atom. The van der Waals surface area contributed by atoms with Gasteiger partial charge in [-0.2, -0.15) is 0 Å². The Morgan fingerprint density at radius 3 is 2.12 bits per heavy atom. The molecule has 0 unspecified atom stereocenters. The zero-order valence-corrected chi connectivity index (χ0v) is 42.7. The summed E-state index contributed by atoms with van der Waals surface area (Å²) in [4.78, 5) is 97.8. The lowest BCUT2D eigenvalue weighted by molar-refractivity contribution is -0.199. The minimum absolute atomic E-state index is 0.0120. The average Bonchev–Trinajstić information content (AvgIpc) is 3.93. The van der Waals surface area contributed by atoms with Gasteiger partial charge in [0.05, 0.1) is 43.2 Å². The minimum Gasteiger partial charge on any atom is -0.444 e. The van der Waals surface area contributed by atoms with Gasteiger partial charge < -0.3 is 29.4 Å². The van der Waals surface area contributed by atoms with E-state index in [-0.39, 0.29) is 48.3 Å². The number of H-pyrrole nitrogens is 1. The number of hydrogen-bond donors (Lipinski definition) is 3. The van der Waals surface area contributed by atoms with Gasteiger partial charge in [-0.1, -0.05) is 73.1 Å². The zero-order valence-electron chi connectivity index (χ0n) is 42.7. The average molecular weight is 940 g/mol. The van der Waals surface area contributed by atoms with Gasteiger partial charge in [-0.25, -0.2) is 9.86 Å². The van der Waals surface area contributed by atoms with Crippen LogP contribution in [-0.2, 0) is 49.4 Å². The summed E-state index contributed by atoms with van der Waals surface area (Å²) in [5.41, 5.74) is 1.04. The largest absolute Gasteiger partial charge is 0.444 e. The lowest BCUT2D eigenvalue weighted by atomic mass is 9.87. The predicted octanol–water partition coefficient (Wildman–Crippen LogP) is 5.70. The first-order chi connectivity index (χ1) is 31.6. The summed E-state index contributed by atoms with van der Waals surface area (Å²) in [6.45, 7) is 19.8. The molecule has 0 saturated carbocycles. The van der Waals surface area contributed by atoms with Crippen molar-refractivity contribution in [1.29, 1.82) is 0 Å². The Kier molecular flexibility index (Phi) is 20.2. The molecule has 4 rings (SSSR count). The van der Waals surface area contributed by atoms with Crippen LogP contribution in [0.25, 0.3) is 10.9 Å². The number of nitrogens with one attached hydrogen (secondary N) is 3.